The van der Waals surface area contributed by atoms with Crippen LogP contribution in [0.25, 0.3) is 0 Å². The minimum atomic E-state index is -3.04. The molecule has 0 saturated carbocycles. The second-order valence-electron chi connectivity index (χ2n) is 10.4. The highest BCUT2D eigenvalue weighted by atomic mass is 28.5. The summed E-state index contributed by atoms with van der Waals surface area (Å²) in [7, 11) is -2.71. The largest absolute Gasteiger partial charge is 0.500 e. The van der Waals surface area contributed by atoms with Gasteiger partial charge in [0.15, 0.2) is 9.04 Å². The SMILES string of the molecule is CO[Si](C)(CC[Si](OC)(OC)OC)O[Si](C)(CC[Si](OC)(OC)OC)O[Si](C)(CC[Si](OC)(OC)OC)O[SiH](C)C. The lowest BCUT2D eigenvalue weighted by atomic mass is 10.9. The molecular formula is C21H58O13Si7. The van der Waals surface area contributed by atoms with Crippen LogP contribution in [-0.4, -0.2) is 132 Å². The molecule has 41 heavy (non-hydrogen) atoms. The third-order valence-electron chi connectivity index (χ3n) is 7.24. The number of hydrogen-bond donors (Lipinski definition) is 0. The summed E-state index contributed by atoms with van der Waals surface area (Å²) in [5, 5.41) is 0. The van der Waals surface area contributed by atoms with Crippen molar-refractivity contribution >= 4 is 61.1 Å². The van der Waals surface area contributed by atoms with Crippen LogP contribution in [0.3, 0.4) is 0 Å². The molecule has 0 N–H and O–H groups in total. The maximum Gasteiger partial charge on any atom is 0.500 e. The third kappa shape index (κ3) is 13.1. The summed E-state index contributed by atoms with van der Waals surface area (Å²) in [6.07, 6.45) is 0. The lowest BCUT2D eigenvalue weighted by Crippen LogP contribution is -2.60. The van der Waals surface area contributed by atoms with Gasteiger partial charge >= 0.3 is 52.1 Å². The van der Waals surface area contributed by atoms with Crippen LogP contribution in [0.2, 0.25) is 69.0 Å². The van der Waals surface area contributed by atoms with E-state index in [1.54, 1.807) is 71.1 Å². The average molecular weight is 715 g/mol. The molecule has 0 aliphatic heterocycles. The predicted octanol–water partition coefficient (Wildman–Crippen LogP) is 3.52. The van der Waals surface area contributed by atoms with Gasteiger partial charge in [-0.25, -0.2) is 0 Å². The van der Waals surface area contributed by atoms with Crippen molar-refractivity contribution in [3.63, 3.8) is 0 Å². The second-order valence-corrected chi connectivity index (χ2v) is 33.0. The molecule has 0 saturated heterocycles. The third-order valence-corrected chi connectivity index (χ3v) is 32.0. The summed E-state index contributed by atoms with van der Waals surface area (Å²) in [6.45, 7) is 10.5. The van der Waals surface area contributed by atoms with E-state index in [0.717, 1.165) is 0 Å². The van der Waals surface area contributed by atoms with Crippen molar-refractivity contribution in [2.24, 2.45) is 0 Å². The molecule has 13 nitrogen and oxygen atoms in total. The van der Waals surface area contributed by atoms with Crippen LogP contribution < -0.4 is 0 Å². The van der Waals surface area contributed by atoms with Crippen molar-refractivity contribution in [2.75, 3.05) is 71.1 Å². The molecule has 0 aliphatic carbocycles. The first kappa shape index (κ1) is 42.0. The fourth-order valence-electron chi connectivity index (χ4n) is 4.67. The monoisotopic (exact) mass is 714 g/mol. The van der Waals surface area contributed by atoms with Gasteiger partial charge in [-0.1, -0.05) is 0 Å². The molecular weight excluding hydrogens is 657 g/mol. The van der Waals surface area contributed by atoms with E-state index in [0.29, 0.717) is 36.3 Å². The molecule has 0 fully saturated rings. The Bertz CT molecular complexity index is 694. The van der Waals surface area contributed by atoms with Crippen molar-refractivity contribution in [1.82, 2.24) is 0 Å². The van der Waals surface area contributed by atoms with Crippen LogP contribution in [0.1, 0.15) is 0 Å². The Hall–Kier alpha value is 0.998. The molecule has 0 amide bonds. The summed E-state index contributed by atoms with van der Waals surface area (Å²) in [4.78, 5) is 0. The molecule has 3 unspecified atom stereocenters. The van der Waals surface area contributed by atoms with Gasteiger partial charge in [-0.15, -0.1) is 0 Å². The van der Waals surface area contributed by atoms with E-state index in [1.807, 2.05) is 6.55 Å². The van der Waals surface area contributed by atoms with E-state index in [4.69, 9.17) is 56.6 Å². The zero-order valence-electron chi connectivity index (χ0n) is 28.1. The molecule has 20 heteroatoms. The quantitative estimate of drug-likeness (QED) is 0.129. The Balaban J connectivity index is 6.48. The number of hydrogen-bond acceptors (Lipinski definition) is 13. The minimum Gasteiger partial charge on any atom is -0.439 e. The molecule has 0 aromatic rings. The van der Waals surface area contributed by atoms with Crippen molar-refractivity contribution in [1.29, 1.82) is 0 Å². The van der Waals surface area contributed by atoms with Crippen molar-refractivity contribution in [3.05, 3.63) is 0 Å². The van der Waals surface area contributed by atoms with Gasteiger partial charge in [-0.2, -0.15) is 0 Å². The molecule has 0 heterocycles. The van der Waals surface area contributed by atoms with E-state index in [2.05, 4.69) is 26.2 Å². The summed E-state index contributed by atoms with van der Waals surface area (Å²) in [6, 6.07) is 3.36. The van der Waals surface area contributed by atoms with E-state index in [9.17, 15) is 0 Å². The van der Waals surface area contributed by atoms with Crippen LogP contribution in [-0.2, 0) is 56.6 Å². The summed E-state index contributed by atoms with van der Waals surface area (Å²) < 4.78 is 78.3. The second kappa shape index (κ2) is 18.8. The molecule has 0 aromatic heterocycles. The first-order valence-corrected chi connectivity index (χ1v) is 29.8. The summed E-state index contributed by atoms with van der Waals surface area (Å²) in [5.74, 6) is 0. The fourth-order valence-corrected chi connectivity index (χ4v) is 32.2. The minimum absolute atomic E-state index is 0.511. The van der Waals surface area contributed by atoms with Gasteiger partial charge in [-0.3, -0.25) is 0 Å². The highest BCUT2D eigenvalue weighted by Gasteiger charge is 2.53. The first-order valence-electron chi connectivity index (χ1n) is 13.7. The Kier molecular flexibility index (Phi) is 19.3. The maximum atomic E-state index is 7.15. The van der Waals surface area contributed by atoms with E-state index in [-0.39, 0.29) is 0 Å². The normalized spacial score (nSPS) is 17.9. The van der Waals surface area contributed by atoms with Crippen molar-refractivity contribution < 1.29 is 56.6 Å². The topological polar surface area (TPSA) is 120 Å². The molecule has 3 atom stereocenters. The highest BCUT2D eigenvalue weighted by Crippen LogP contribution is 2.35. The lowest BCUT2D eigenvalue weighted by Gasteiger charge is -2.43. The molecule has 0 aliphatic rings. The van der Waals surface area contributed by atoms with Gasteiger partial charge in [0.1, 0.15) is 0 Å². The Morgan fingerprint density at radius 2 is 0.634 bits per heavy atom. The molecule has 248 valence electrons. The van der Waals surface area contributed by atoms with Crippen LogP contribution in [0.15, 0.2) is 0 Å². The van der Waals surface area contributed by atoms with Crippen LogP contribution >= 0.6 is 0 Å². The van der Waals surface area contributed by atoms with Gasteiger partial charge in [0.05, 0.1) is 0 Å². The Morgan fingerprint density at radius 1 is 0.366 bits per heavy atom. The maximum absolute atomic E-state index is 7.15. The smallest absolute Gasteiger partial charge is 0.439 e. The van der Waals surface area contributed by atoms with Crippen molar-refractivity contribution in [3.8, 4) is 0 Å². The van der Waals surface area contributed by atoms with Gasteiger partial charge < -0.3 is 56.6 Å². The number of rotatable bonds is 25. The molecule has 0 bridgehead atoms. The molecule has 0 radical (unpaired) electrons. The predicted molar refractivity (Wildman–Crippen MR) is 173 cm³/mol. The van der Waals surface area contributed by atoms with Crippen LogP contribution in [0, 0.1) is 0 Å². The van der Waals surface area contributed by atoms with E-state index >= 15 is 0 Å². The van der Waals surface area contributed by atoms with E-state index < -0.39 is 61.1 Å². The summed E-state index contributed by atoms with van der Waals surface area (Å²) >= 11 is 0. The lowest BCUT2D eigenvalue weighted by molar-refractivity contribution is 0.123. The Labute approximate surface area is 257 Å². The highest BCUT2D eigenvalue weighted by molar-refractivity contribution is 6.88. The zero-order chi connectivity index (χ0) is 32.0. The Morgan fingerprint density at radius 3 is 0.902 bits per heavy atom. The molecule has 0 aromatic carbocycles. The summed E-state index contributed by atoms with van der Waals surface area (Å²) in [5.41, 5.74) is 0. The van der Waals surface area contributed by atoms with Gasteiger partial charge in [-0.05, 0) is 50.9 Å². The fraction of sp³-hybridized carbons (Fsp3) is 1.00. The van der Waals surface area contributed by atoms with Crippen molar-refractivity contribution in [2.45, 2.75) is 69.0 Å². The molecule has 0 rings (SSSR count). The molecule has 0 spiro atoms. The van der Waals surface area contributed by atoms with Gasteiger partial charge in [0, 0.05) is 89.2 Å². The average Bonchev–Trinajstić information content (AvgIpc) is 2.95. The van der Waals surface area contributed by atoms with Crippen LogP contribution in [0.4, 0.5) is 0 Å². The van der Waals surface area contributed by atoms with Gasteiger partial charge in [0.2, 0.25) is 0 Å². The first-order chi connectivity index (χ1) is 19.1. The standard InChI is InChI=1S/C21H58O13Si7/c1-22-36(13,16-19-39(23-2,24-3)25-4)33-38(15,18-21-41(29-8,30-9)31-10)34-37(14,32-35(11)12)17-20-40(26-5,27-6)28-7/h35H,16-21H2,1-15H3. The van der Waals surface area contributed by atoms with Crippen LogP contribution in [0.5, 0.6) is 0 Å². The van der Waals surface area contributed by atoms with Gasteiger partial charge in [0.25, 0.3) is 0 Å². The van der Waals surface area contributed by atoms with E-state index in [1.165, 1.54) is 0 Å². The zero-order valence-corrected chi connectivity index (χ0v) is 35.3.